The quantitative estimate of drug-likeness (QED) is 0.206. The first-order valence-corrected chi connectivity index (χ1v) is 9.29. The molecular formula is C19H28N8O2. The van der Waals surface area contributed by atoms with Crippen LogP contribution in [0.2, 0.25) is 0 Å². The number of carbonyl (C=O) groups excluding carboxylic acids is 1. The van der Waals surface area contributed by atoms with Gasteiger partial charge in [0.2, 0.25) is 0 Å². The molecule has 2 aromatic rings. The van der Waals surface area contributed by atoms with Crippen LogP contribution >= 0.6 is 0 Å². The lowest BCUT2D eigenvalue weighted by Gasteiger charge is -2.28. The first kappa shape index (κ1) is 20.2. The van der Waals surface area contributed by atoms with Crippen LogP contribution in [0.1, 0.15) is 47.5 Å². The normalized spacial score (nSPS) is 19.1. The molecule has 0 bridgehead atoms. The number of anilines is 7. The summed E-state index contributed by atoms with van der Waals surface area (Å²) >= 11 is 0. The molecule has 29 heavy (non-hydrogen) atoms. The number of hydrogen-bond acceptors (Lipinski definition) is 10. The summed E-state index contributed by atoms with van der Waals surface area (Å²) in [6.45, 7) is 0. The van der Waals surface area contributed by atoms with Crippen LogP contribution in [0, 0.1) is 0 Å². The van der Waals surface area contributed by atoms with Gasteiger partial charge in [-0.1, -0.05) is 0 Å². The zero-order valence-corrected chi connectivity index (χ0v) is 16.1. The molecule has 0 spiro atoms. The summed E-state index contributed by atoms with van der Waals surface area (Å²) in [5.41, 5.74) is 49.3. The second-order valence-corrected chi connectivity index (χ2v) is 7.46. The fourth-order valence-electron chi connectivity index (χ4n) is 3.72. The summed E-state index contributed by atoms with van der Waals surface area (Å²) in [7, 11) is 0. The van der Waals surface area contributed by atoms with Gasteiger partial charge in [-0.25, -0.2) is 4.79 Å². The Bertz CT molecular complexity index is 968. The summed E-state index contributed by atoms with van der Waals surface area (Å²) in [6.07, 6.45) is 3.56. The lowest BCUT2D eigenvalue weighted by atomic mass is 9.80. The summed E-state index contributed by atoms with van der Waals surface area (Å²) < 4.78 is 5.35. The highest BCUT2D eigenvalue weighted by molar-refractivity contribution is 6.05. The standard InChI is InChI=1S/C19H28N8O2/c20-8-3-1-7(2-4-8)9-5-10(21)13(17(26)14(9)23)19(28)29-12-6-11(22)15(24)18(27)16(12)25/h5-8H,1-4,20-27H2. The molecule has 3 rings (SSSR count). The Morgan fingerprint density at radius 1 is 0.759 bits per heavy atom. The van der Waals surface area contributed by atoms with Crippen molar-refractivity contribution < 1.29 is 9.53 Å². The fourth-order valence-corrected chi connectivity index (χ4v) is 3.72. The van der Waals surface area contributed by atoms with E-state index in [9.17, 15) is 4.79 Å². The van der Waals surface area contributed by atoms with Gasteiger partial charge in [0.1, 0.15) is 11.3 Å². The third-order valence-corrected chi connectivity index (χ3v) is 5.53. The third kappa shape index (κ3) is 3.61. The van der Waals surface area contributed by atoms with Crippen molar-refractivity contribution in [1.82, 2.24) is 0 Å². The number of nitrogens with two attached hydrogens (primary N) is 8. The minimum absolute atomic E-state index is 0.00895. The van der Waals surface area contributed by atoms with E-state index in [0.29, 0.717) is 5.69 Å². The molecule has 2 aromatic carbocycles. The molecule has 0 atom stereocenters. The smallest absolute Gasteiger partial charge is 0.347 e. The monoisotopic (exact) mass is 400 g/mol. The van der Waals surface area contributed by atoms with Crippen molar-refractivity contribution >= 4 is 45.8 Å². The highest BCUT2D eigenvalue weighted by Gasteiger charge is 2.27. The predicted octanol–water partition coefficient (Wildman–Crippen LogP) is 0.966. The van der Waals surface area contributed by atoms with Gasteiger partial charge in [0.05, 0.1) is 28.4 Å². The van der Waals surface area contributed by atoms with Crippen molar-refractivity contribution in [1.29, 1.82) is 0 Å². The molecular weight excluding hydrogens is 372 g/mol. The van der Waals surface area contributed by atoms with E-state index in [1.54, 1.807) is 6.07 Å². The number of rotatable bonds is 3. The second kappa shape index (κ2) is 7.47. The molecule has 1 aliphatic rings. The Labute approximate surface area is 168 Å². The number of nitrogen functional groups attached to an aromatic ring is 7. The van der Waals surface area contributed by atoms with Crippen LogP contribution in [0.15, 0.2) is 12.1 Å². The Hall–Kier alpha value is -3.53. The van der Waals surface area contributed by atoms with Gasteiger partial charge in [-0.05, 0) is 43.2 Å². The number of benzene rings is 2. The predicted molar refractivity (Wildman–Crippen MR) is 118 cm³/mol. The van der Waals surface area contributed by atoms with E-state index >= 15 is 0 Å². The first-order valence-electron chi connectivity index (χ1n) is 9.29. The van der Waals surface area contributed by atoms with E-state index in [4.69, 9.17) is 50.6 Å². The van der Waals surface area contributed by atoms with E-state index in [-0.39, 0.29) is 57.4 Å². The van der Waals surface area contributed by atoms with Crippen molar-refractivity contribution in [2.45, 2.75) is 37.6 Å². The third-order valence-electron chi connectivity index (χ3n) is 5.53. The van der Waals surface area contributed by atoms with Gasteiger partial charge in [0, 0.05) is 17.8 Å². The van der Waals surface area contributed by atoms with E-state index in [2.05, 4.69) is 0 Å². The van der Waals surface area contributed by atoms with Gasteiger partial charge >= 0.3 is 5.97 Å². The highest BCUT2D eigenvalue weighted by atomic mass is 16.5. The largest absolute Gasteiger partial charge is 0.420 e. The molecule has 1 saturated carbocycles. The Balaban J connectivity index is 1.93. The molecule has 10 heteroatoms. The van der Waals surface area contributed by atoms with Crippen molar-refractivity contribution in [3.05, 3.63) is 23.3 Å². The van der Waals surface area contributed by atoms with Gasteiger partial charge in [-0.2, -0.15) is 0 Å². The van der Waals surface area contributed by atoms with E-state index in [0.717, 1.165) is 31.2 Å². The Kier molecular flexibility index (Phi) is 5.21. The van der Waals surface area contributed by atoms with Crippen LogP contribution in [0.5, 0.6) is 5.75 Å². The molecule has 1 aliphatic carbocycles. The zero-order valence-electron chi connectivity index (χ0n) is 16.1. The minimum atomic E-state index is -0.820. The summed E-state index contributed by atoms with van der Waals surface area (Å²) in [5, 5.41) is 0. The van der Waals surface area contributed by atoms with Gasteiger partial charge in [-0.3, -0.25) is 0 Å². The average molecular weight is 400 g/mol. The molecule has 0 saturated heterocycles. The van der Waals surface area contributed by atoms with Crippen LogP contribution in [0.25, 0.3) is 0 Å². The second-order valence-electron chi connectivity index (χ2n) is 7.46. The molecule has 156 valence electrons. The summed E-state index contributed by atoms with van der Waals surface area (Å²) in [5.74, 6) is -0.669. The Morgan fingerprint density at radius 3 is 2.00 bits per heavy atom. The molecule has 0 amide bonds. The highest BCUT2D eigenvalue weighted by Crippen LogP contribution is 2.42. The molecule has 10 nitrogen and oxygen atoms in total. The minimum Gasteiger partial charge on any atom is -0.420 e. The summed E-state index contributed by atoms with van der Waals surface area (Å²) in [4.78, 5) is 12.8. The van der Waals surface area contributed by atoms with Crippen molar-refractivity contribution in [3.8, 4) is 5.75 Å². The molecule has 0 radical (unpaired) electrons. The van der Waals surface area contributed by atoms with E-state index < -0.39 is 5.97 Å². The fraction of sp³-hybridized carbons (Fsp3) is 0.316. The van der Waals surface area contributed by atoms with Crippen LogP contribution in [0.3, 0.4) is 0 Å². The van der Waals surface area contributed by atoms with Crippen molar-refractivity contribution in [2.24, 2.45) is 5.73 Å². The van der Waals surface area contributed by atoms with Crippen LogP contribution < -0.4 is 50.6 Å². The van der Waals surface area contributed by atoms with Crippen LogP contribution in [0.4, 0.5) is 39.8 Å². The number of esters is 1. The van der Waals surface area contributed by atoms with Crippen LogP contribution in [-0.4, -0.2) is 12.0 Å². The molecule has 1 fully saturated rings. The van der Waals surface area contributed by atoms with E-state index in [1.807, 2.05) is 0 Å². The summed E-state index contributed by atoms with van der Waals surface area (Å²) in [6, 6.07) is 3.19. The zero-order chi connectivity index (χ0) is 21.5. The maximum atomic E-state index is 12.8. The molecule has 0 unspecified atom stereocenters. The first-order chi connectivity index (χ1) is 13.6. The average Bonchev–Trinajstić information content (AvgIpc) is 2.68. The van der Waals surface area contributed by atoms with Crippen molar-refractivity contribution in [3.63, 3.8) is 0 Å². The SMILES string of the molecule is Nc1cc(OC(=O)c2c(N)cc(C3CCC(N)CC3)c(N)c2N)c(N)c(N)c1N. The van der Waals surface area contributed by atoms with Gasteiger partial charge in [-0.15, -0.1) is 0 Å². The van der Waals surface area contributed by atoms with Crippen molar-refractivity contribution in [2.75, 3.05) is 40.1 Å². The van der Waals surface area contributed by atoms with Gasteiger partial charge in [0.25, 0.3) is 0 Å². The topological polar surface area (TPSA) is 234 Å². The lowest BCUT2D eigenvalue weighted by molar-refractivity contribution is 0.0738. The Morgan fingerprint density at radius 2 is 1.38 bits per heavy atom. The lowest BCUT2D eigenvalue weighted by Crippen LogP contribution is -2.26. The maximum Gasteiger partial charge on any atom is 0.347 e. The molecule has 16 N–H and O–H groups in total. The van der Waals surface area contributed by atoms with Crippen LogP contribution in [-0.2, 0) is 0 Å². The van der Waals surface area contributed by atoms with Gasteiger partial charge < -0.3 is 50.6 Å². The number of carbonyl (C=O) groups is 1. The number of hydrogen-bond donors (Lipinski definition) is 8. The maximum absolute atomic E-state index is 12.8. The molecule has 0 aliphatic heterocycles. The molecule has 0 aromatic heterocycles. The molecule has 0 heterocycles. The number of ether oxygens (including phenoxy) is 1. The van der Waals surface area contributed by atoms with E-state index in [1.165, 1.54) is 6.07 Å². The van der Waals surface area contributed by atoms with Gasteiger partial charge in [0.15, 0.2) is 5.75 Å².